The van der Waals surface area contributed by atoms with Crippen LogP contribution in [0.4, 0.5) is 0 Å². The minimum Gasteiger partial charge on any atom is -0.328 e. The van der Waals surface area contributed by atoms with Gasteiger partial charge in [-0.25, -0.2) is 0 Å². The van der Waals surface area contributed by atoms with Crippen LogP contribution >= 0.6 is 0 Å². The van der Waals surface area contributed by atoms with E-state index >= 15 is 0 Å². The third-order valence-electron chi connectivity index (χ3n) is 1.32. The maximum atomic E-state index is 2.39. The van der Waals surface area contributed by atoms with Gasteiger partial charge in [-0.2, -0.15) is 12.8 Å². The first-order valence-electron chi connectivity index (χ1n) is 2.82. The first-order chi connectivity index (χ1) is 3.00. The molecular weight excluding hydrogens is 111 g/mol. The summed E-state index contributed by atoms with van der Waals surface area (Å²) in [5.74, 6) is 0. The van der Waals surface area contributed by atoms with Gasteiger partial charge in [0.2, 0.25) is 0 Å². The molecule has 0 bridgehead atoms. The smallest absolute Gasteiger partial charge is 0.328 e. The van der Waals surface area contributed by atoms with Crippen LogP contribution in [0.15, 0.2) is 0 Å². The van der Waals surface area contributed by atoms with Crippen LogP contribution in [0.2, 0.25) is 0 Å². The second-order valence-corrected chi connectivity index (χ2v) is 1.93. The average molecular weight is 122 g/mol. The normalized spacial score (nSPS) is 20.6. The van der Waals surface area contributed by atoms with E-state index < -0.39 is 0 Å². The van der Waals surface area contributed by atoms with Crippen LogP contribution in [-0.2, 0) is 0 Å². The summed E-state index contributed by atoms with van der Waals surface area (Å²) in [5.41, 5.74) is 0. The molecule has 0 unspecified atom stereocenters. The van der Waals surface area contributed by atoms with E-state index in [1.807, 2.05) is 0 Å². The average Bonchev–Trinajstić information content (AvgIpc) is 1.72. The largest absolute Gasteiger partial charge is 1.00 e. The SMILES string of the molecule is [CH-]1CCCCC1.[K+]. The maximum absolute atomic E-state index is 2.39. The zero-order valence-electron chi connectivity index (χ0n) is 5.11. The van der Waals surface area contributed by atoms with E-state index in [0.29, 0.717) is 0 Å². The van der Waals surface area contributed by atoms with Gasteiger partial charge in [-0.1, -0.05) is 19.3 Å². The Morgan fingerprint density at radius 3 is 1.57 bits per heavy atom. The first-order valence-corrected chi connectivity index (χ1v) is 2.82. The molecule has 1 fully saturated rings. The van der Waals surface area contributed by atoms with Crippen LogP contribution in [0.25, 0.3) is 0 Å². The van der Waals surface area contributed by atoms with Crippen LogP contribution in [0, 0.1) is 6.42 Å². The van der Waals surface area contributed by atoms with Gasteiger partial charge in [0.05, 0.1) is 0 Å². The summed E-state index contributed by atoms with van der Waals surface area (Å²) < 4.78 is 0. The molecule has 0 nitrogen and oxygen atoms in total. The van der Waals surface area contributed by atoms with Crippen molar-refractivity contribution in [3.05, 3.63) is 6.42 Å². The van der Waals surface area contributed by atoms with Gasteiger partial charge in [0, 0.05) is 0 Å². The predicted molar refractivity (Wildman–Crippen MR) is 27.4 cm³/mol. The van der Waals surface area contributed by atoms with Crippen molar-refractivity contribution < 1.29 is 51.4 Å². The summed E-state index contributed by atoms with van der Waals surface area (Å²) in [6.07, 6.45) is 9.50. The Kier molecular flexibility index (Phi) is 7.12. The molecule has 1 rings (SSSR count). The summed E-state index contributed by atoms with van der Waals surface area (Å²) in [5, 5.41) is 0. The molecule has 0 saturated heterocycles. The fourth-order valence-corrected chi connectivity index (χ4v) is 0.898. The van der Waals surface area contributed by atoms with Crippen LogP contribution in [0.1, 0.15) is 32.1 Å². The second-order valence-electron chi connectivity index (χ2n) is 1.93. The maximum Gasteiger partial charge on any atom is 1.00 e. The monoisotopic (exact) mass is 122 g/mol. The Balaban J connectivity index is 0.000000360. The van der Waals surface area contributed by atoms with Gasteiger partial charge < -0.3 is 6.42 Å². The Hall–Kier alpha value is 1.64. The van der Waals surface area contributed by atoms with Gasteiger partial charge in [-0.15, -0.1) is 0 Å². The minimum atomic E-state index is 0. The summed E-state index contributed by atoms with van der Waals surface area (Å²) >= 11 is 0. The van der Waals surface area contributed by atoms with Crippen LogP contribution in [0.3, 0.4) is 0 Å². The standard InChI is InChI=1S/C6H11.K/c1-2-4-6-5-3-1;/h1H,2-6H2;/q-1;+1. The molecule has 0 heterocycles. The number of rotatable bonds is 0. The summed E-state index contributed by atoms with van der Waals surface area (Å²) in [6, 6.07) is 0. The van der Waals surface area contributed by atoms with Crippen molar-refractivity contribution in [1.82, 2.24) is 0 Å². The molecule has 7 heavy (non-hydrogen) atoms. The van der Waals surface area contributed by atoms with Gasteiger partial charge in [0.15, 0.2) is 0 Å². The quantitative estimate of drug-likeness (QED) is 0.290. The molecule has 36 valence electrons. The molecule has 0 N–H and O–H groups in total. The van der Waals surface area contributed by atoms with E-state index in [0.717, 1.165) is 0 Å². The Morgan fingerprint density at radius 2 is 1.43 bits per heavy atom. The Labute approximate surface area is 88.5 Å². The van der Waals surface area contributed by atoms with Crippen molar-refractivity contribution in [2.75, 3.05) is 0 Å². The number of hydrogen-bond acceptors (Lipinski definition) is 0. The molecule has 1 aliphatic carbocycles. The third-order valence-corrected chi connectivity index (χ3v) is 1.32. The van der Waals surface area contributed by atoms with E-state index in [9.17, 15) is 0 Å². The van der Waals surface area contributed by atoms with Gasteiger partial charge in [-0.05, 0) is 0 Å². The van der Waals surface area contributed by atoms with E-state index in [1.54, 1.807) is 0 Å². The molecule has 1 heteroatoms. The number of hydrogen-bond donors (Lipinski definition) is 0. The topological polar surface area (TPSA) is 0 Å². The van der Waals surface area contributed by atoms with Crippen LogP contribution in [0.5, 0.6) is 0 Å². The summed E-state index contributed by atoms with van der Waals surface area (Å²) in [6.45, 7) is 0. The van der Waals surface area contributed by atoms with Crippen molar-refractivity contribution in [3.63, 3.8) is 0 Å². The van der Waals surface area contributed by atoms with Gasteiger partial charge in [0.1, 0.15) is 0 Å². The summed E-state index contributed by atoms with van der Waals surface area (Å²) in [4.78, 5) is 0. The van der Waals surface area contributed by atoms with E-state index in [-0.39, 0.29) is 51.4 Å². The van der Waals surface area contributed by atoms with Gasteiger partial charge >= 0.3 is 51.4 Å². The fourth-order valence-electron chi connectivity index (χ4n) is 0.898. The van der Waals surface area contributed by atoms with E-state index in [2.05, 4.69) is 6.42 Å². The Morgan fingerprint density at radius 1 is 0.857 bits per heavy atom. The van der Waals surface area contributed by atoms with Crippen molar-refractivity contribution >= 4 is 0 Å². The van der Waals surface area contributed by atoms with Crippen molar-refractivity contribution in [2.45, 2.75) is 32.1 Å². The van der Waals surface area contributed by atoms with Gasteiger partial charge in [0.25, 0.3) is 0 Å². The van der Waals surface area contributed by atoms with Crippen LogP contribution < -0.4 is 51.4 Å². The molecule has 0 aromatic carbocycles. The molecule has 0 radical (unpaired) electrons. The molecule has 0 aromatic rings. The van der Waals surface area contributed by atoms with Gasteiger partial charge in [-0.3, -0.25) is 0 Å². The molecule has 1 aliphatic rings. The van der Waals surface area contributed by atoms with E-state index in [1.165, 1.54) is 32.1 Å². The molecule has 0 spiro atoms. The molecule has 0 aromatic heterocycles. The molecule has 1 saturated carbocycles. The predicted octanol–water partition coefficient (Wildman–Crippen LogP) is -0.841. The van der Waals surface area contributed by atoms with Crippen molar-refractivity contribution in [2.24, 2.45) is 0 Å². The van der Waals surface area contributed by atoms with Crippen LogP contribution in [-0.4, -0.2) is 0 Å². The molecule has 0 aliphatic heterocycles. The molecule has 0 atom stereocenters. The fraction of sp³-hybridized carbons (Fsp3) is 0.833. The second kappa shape index (κ2) is 5.77. The zero-order valence-corrected chi connectivity index (χ0v) is 8.24. The minimum absolute atomic E-state index is 0. The zero-order chi connectivity index (χ0) is 4.24. The Bertz CT molecular complexity index is 19.7. The first kappa shape index (κ1) is 8.64. The molecule has 0 amide bonds. The van der Waals surface area contributed by atoms with Crippen molar-refractivity contribution in [3.8, 4) is 0 Å². The van der Waals surface area contributed by atoms with E-state index in [4.69, 9.17) is 0 Å². The molecular formula is C6H11K. The van der Waals surface area contributed by atoms with Crippen molar-refractivity contribution in [1.29, 1.82) is 0 Å². The third kappa shape index (κ3) is 4.16. The summed E-state index contributed by atoms with van der Waals surface area (Å²) in [7, 11) is 0.